The Labute approximate surface area is 301 Å². The van der Waals surface area contributed by atoms with E-state index in [0.717, 1.165) is 16.0 Å². The number of para-hydroxylation sites is 1. The standard InChI is InChI=1S/C42H38N2O8/c1-3-31-25-30(26-35(40(47)48)43-28(2)45)23-24-36(31)44(39(46)42(50)51-27-29-15-7-4-8-16-29)37-22-14-13-21-34(37)41(49)52-38(32-17-9-5-10-18-32)33-19-11-6-12-20-33/h4-25,35,38H,3,26-27H2,1-2H3,(H,43,45)(H,47,48)/t35-/m0/s1. The zero-order valence-corrected chi connectivity index (χ0v) is 28.7. The van der Waals surface area contributed by atoms with Crippen LogP contribution in [0.5, 0.6) is 0 Å². The molecule has 0 bridgehead atoms. The Bertz CT molecular complexity index is 1990. The fraction of sp³-hybridized carbons (Fsp3) is 0.167. The minimum absolute atomic E-state index is 0.0197. The molecule has 2 N–H and O–H groups in total. The average molecular weight is 699 g/mol. The van der Waals surface area contributed by atoms with E-state index in [9.17, 15) is 29.1 Å². The summed E-state index contributed by atoms with van der Waals surface area (Å²) in [5.74, 6) is -4.63. The van der Waals surface area contributed by atoms with Gasteiger partial charge in [-0.2, -0.15) is 0 Å². The largest absolute Gasteiger partial charge is 0.480 e. The zero-order chi connectivity index (χ0) is 37.0. The lowest BCUT2D eigenvalue weighted by atomic mass is 9.99. The summed E-state index contributed by atoms with van der Waals surface area (Å²) in [6.45, 7) is 2.92. The molecule has 0 fully saturated rings. The summed E-state index contributed by atoms with van der Waals surface area (Å²) in [5.41, 5.74) is 3.68. The summed E-state index contributed by atoms with van der Waals surface area (Å²) in [6.07, 6.45) is -0.446. The summed E-state index contributed by atoms with van der Waals surface area (Å²) in [4.78, 5) is 66.6. The van der Waals surface area contributed by atoms with Crippen LogP contribution < -0.4 is 10.2 Å². The molecule has 5 aromatic carbocycles. The van der Waals surface area contributed by atoms with Crippen molar-refractivity contribution < 1.29 is 38.6 Å². The number of carboxylic acids is 1. The summed E-state index contributed by atoms with van der Waals surface area (Å²) in [6, 6.07) is 37.5. The van der Waals surface area contributed by atoms with Gasteiger partial charge in [-0.3, -0.25) is 14.5 Å². The van der Waals surface area contributed by atoms with E-state index < -0.39 is 41.9 Å². The minimum Gasteiger partial charge on any atom is -0.480 e. The van der Waals surface area contributed by atoms with E-state index in [2.05, 4.69) is 5.32 Å². The second-order valence-corrected chi connectivity index (χ2v) is 11.9. The van der Waals surface area contributed by atoms with Gasteiger partial charge in [-0.1, -0.05) is 122 Å². The Morgan fingerprint density at radius 3 is 1.87 bits per heavy atom. The number of nitrogens with one attached hydrogen (secondary N) is 1. The number of benzene rings is 5. The van der Waals surface area contributed by atoms with Crippen molar-refractivity contribution in [2.75, 3.05) is 4.90 Å². The number of hydrogen-bond acceptors (Lipinski definition) is 7. The number of rotatable bonds is 13. The van der Waals surface area contributed by atoms with Gasteiger partial charge in [0.2, 0.25) is 5.91 Å². The van der Waals surface area contributed by atoms with Crippen molar-refractivity contribution in [2.45, 2.75) is 45.4 Å². The first-order valence-corrected chi connectivity index (χ1v) is 16.7. The maximum absolute atomic E-state index is 14.2. The molecule has 0 saturated heterocycles. The molecule has 0 radical (unpaired) electrons. The Hall–Kier alpha value is -6.55. The summed E-state index contributed by atoms with van der Waals surface area (Å²) < 4.78 is 11.6. The van der Waals surface area contributed by atoms with E-state index in [4.69, 9.17) is 9.47 Å². The van der Waals surface area contributed by atoms with Gasteiger partial charge in [0.05, 0.1) is 16.9 Å². The van der Waals surface area contributed by atoms with Crippen LogP contribution in [0.15, 0.2) is 133 Å². The van der Waals surface area contributed by atoms with Crippen LogP contribution in [0.2, 0.25) is 0 Å². The predicted molar refractivity (Wildman–Crippen MR) is 195 cm³/mol. The Morgan fingerprint density at radius 1 is 0.712 bits per heavy atom. The molecule has 0 aromatic heterocycles. The zero-order valence-electron chi connectivity index (χ0n) is 28.7. The number of nitrogens with zero attached hydrogens (tertiary/aromatic N) is 1. The summed E-state index contributed by atoms with van der Waals surface area (Å²) in [7, 11) is 0. The molecule has 5 rings (SSSR count). The summed E-state index contributed by atoms with van der Waals surface area (Å²) >= 11 is 0. The van der Waals surface area contributed by atoms with E-state index in [1.54, 1.807) is 60.7 Å². The van der Waals surface area contributed by atoms with Crippen LogP contribution >= 0.6 is 0 Å². The minimum atomic E-state index is -1.20. The molecule has 2 amide bonds. The maximum atomic E-state index is 14.2. The van der Waals surface area contributed by atoms with Crippen LogP contribution in [0.4, 0.5) is 11.4 Å². The van der Waals surface area contributed by atoms with Crippen LogP contribution in [-0.4, -0.2) is 40.9 Å². The Kier molecular flexibility index (Phi) is 12.3. The molecule has 0 aliphatic heterocycles. The molecule has 0 aliphatic rings. The second kappa shape index (κ2) is 17.4. The van der Waals surface area contributed by atoms with Gasteiger partial charge < -0.3 is 19.9 Å². The third-order valence-electron chi connectivity index (χ3n) is 8.27. The number of esters is 2. The summed E-state index contributed by atoms with van der Waals surface area (Å²) in [5, 5.41) is 12.1. The molecule has 0 unspecified atom stereocenters. The van der Waals surface area contributed by atoms with E-state index >= 15 is 0 Å². The van der Waals surface area contributed by atoms with E-state index in [-0.39, 0.29) is 30.0 Å². The molecule has 0 saturated carbocycles. The number of amides is 2. The van der Waals surface area contributed by atoms with Crippen molar-refractivity contribution in [2.24, 2.45) is 0 Å². The molecule has 52 heavy (non-hydrogen) atoms. The van der Waals surface area contributed by atoms with E-state index in [1.165, 1.54) is 13.0 Å². The van der Waals surface area contributed by atoms with Crippen molar-refractivity contribution in [3.8, 4) is 0 Å². The Balaban J connectivity index is 1.56. The topological polar surface area (TPSA) is 139 Å². The van der Waals surface area contributed by atoms with Gasteiger partial charge in [0.25, 0.3) is 0 Å². The SMILES string of the molecule is CCc1cc(C[C@H](NC(C)=O)C(=O)O)ccc1N(C(=O)C(=O)OCc1ccccc1)c1ccccc1C(=O)OC(c1ccccc1)c1ccccc1. The van der Waals surface area contributed by atoms with Crippen LogP contribution in [0.25, 0.3) is 0 Å². The van der Waals surface area contributed by atoms with E-state index in [1.807, 2.05) is 73.7 Å². The van der Waals surface area contributed by atoms with Gasteiger partial charge >= 0.3 is 23.8 Å². The number of carbonyl (C=O) groups excluding carboxylic acids is 4. The monoisotopic (exact) mass is 698 g/mol. The second-order valence-electron chi connectivity index (χ2n) is 11.9. The number of ether oxygens (including phenoxy) is 2. The first-order valence-electron chi connectivity index (χ1n) is 16.7. The van der Waals surface area contributed by atoms with Gasteiger partial charge in [0, 0.05) is 13.3 Å². The molecule has 10 nitrogen and oxygen atoms in total. The Morgan fingerprint density at radius 2 is 1.29 bits per heavy atom. The molecule has 264 valence electrons. The lowest BCUT2D eigenvalue weighted by Gasteiger charge is -2.27. The van der Waals surface area contributed by atoms with Crippen molar-refractivity contribution in [3.63, 3.8) is 0 Å². The number of carbonyl (C=O) groups is 5. The third kappa shape index (κ3) is 9.16. The molecule has 0 spiro atoms. The fourth-order valence-electron chi connectivity index (χ4n) is 5.77. The van der Waals surface area contributed by atoms with Crippen LogP contribution in [0.1, 0.15) is 58.1 Å². The third-order valence-corrected chi connectivity index (χ3v) is 8.27. The number of carboxylic acid groups (broad SMARTS) is 1. The lowest BCUT2D eigenvalue weighted by molar-refractivity contribution is -0.154. The number of hydrogen-bond donors (Lipinski definition) is 2. The van der Waals surface area contributed by atoms with Gasteiger partial charge in [-0.15, -0.1) is 0 Å². The van der Waals surface area contributed by atoms with Gasteiger partial charge in [0.1, 0.15) is 12.6 Å². The normalized spacial score (nSPS) is 11.3. The van der Waals surface area contributed by atoms with Crippen molar-refractivity contribution >= 4 is 41.1 Å². The smallest absolute Gasteiger partial charge is 0.398 e. The van der Waals surface area contributed by atoms with Gasteiger partial charge in [-0.25, -0.2) is 14.4 Å². The highest BCUT2D eigenvalue weighted by Crippen LogP contribution is 2.35. The van der Waals surface area contributed by atoms with Crippen LogP contribution in [0.3, 0.4) is 0 Å². The molecular formula is C42H38N2O8. The number of aryl methyl sites for hydroxylation is 1. The highest BCUT2D eigenvalue weighted by atomic mass is 16.5. The quantitative estimate of drug-likeness (QED) is 0.102. The van der Waals surface area contributed by atoms with E-state index in [0.29, 0.717) is 23.1 Å². The molecule has 1 atom stereocenters. The van der Waals surface area contributed by atoms with Gasteiger partial charge in [0.15, 0.2) is 6.10 Å². The lowest BCUT2D eigenvalue weighted by Crippen LogP contribution is -2.41. The number of anilines is 2. The number of aliphatic carboxylic acids is 1. The van der Waals surface area contributed by atoms with Gasteiger partial charge in [-0.05, 0) is 52.4 Å². The van der Waals surface area contributed by atoms with Crippen molar-refractivity contribution in [3.05, 3.63) is 167 Å². The first kappa shape index (κ1) is 36.7. The predicted octanol–water partition coefficient (Wildman–Crippen LogP) is 6.74. The van der Waals surface area contributed by atoms with Crippen molar-refractivity contribution in [1.29, 1.82) is 0 Å². The van der Waals surface area contributed by atoms with Crippen molar-refractivity contribution in [1.82, 2.24) is 5.32 Å². The van der Waals surface area contributed by atoms with Crippen LogP contribution in [0, 0.1) is 0 Å². The average Bonchev–Trinajstić information content (AvgIpc) is 3.17. The molecule has 10 heteroatoms. The fourth-order valence-corrected chi connectivity index (χ4v) is 5.77. The molecule has 5 aromatic rings. The van der Waals surface area contributed by atoms with Crippen LogP contribution in [-0.2, 0) is 48.1 Å². The highest BCUT2D eigenvalue weighted by molar-refractivity contribution is 6.40. The highest BCUT2D eigenvalue weighted by Gasteiger charge is 2.32. The molecule has 0 aliphatic carbocycles. The maximum Gasteiger partial charge on any atom is 0.398 e. The molecular weight excluding hydrogens is 660 g/mol. The first-order chi connectivity index (χ1) is 25.2. The molecule has 0 heterocycles.